The third-order valence-corrected chi connectivity index (χ3v) is 3.39. The first-order chi connectivity index (χ1) is 7.15. The summed E-state index contributed by atoms with van der Waals surface area (Å²) in [5, 5.41) is 0.586. The molecule has 1 aromatic carbocycles. The first kappa shape index (κ1) is 12.1. The van der Waals surface area contributed by atoms with Gasteiger partial charge in [0.25, 0.3) is 0 Å². The van der Waals surface area contributed by atoms with Crippen LogP contribution in [0.15, 0.2) is 12.1 Å². The molecule has 1 aromatic rings. The lowest BCUT2D eigenvalue weighted by Gasteiger charge is -2.13. The van der Waals surface area contributed by atoms with Gasteiger partial charge in [-0.15, -0.1) is 0 Å². The molecule has 0 aliphatic heterocycles. The molecule has 0 saturated carbocycles. The van der Waals surface area contributed by atoms with Crippen molar-refractivity contribution in [3.05, 3.63) is 17.7 Å². The predicted molar refractivity (Wildman–Crippen MR) is 59.9 cm³/mol. The van der Waals surface area contributed by atoms with Gasteiger partial charge in [-0.05, 0) is 19.1 Å². The van der Waals surface area contributed by atoms with E-state index in [4.69, 9.17) is 14.0 Å². The molecule has 1 atom stereocenters. The highest BCUT2D eigenvalue weighted by atomic mass is 31.1. The summed E-state index contributed by atoms with van der Waals surface area (Å²) in [5.74, 6) is 1.28. The van der Waals surface area contributed by atoms with Gasteiger partial charge in [-0.2, -0.15) is 0 Å². The van der Waals surface area contributed by atoms with Gasteiger partial charge in [-0.25, -0.2) is 0 Å². The van der Waals surface area contributed by atoms with Gasteiger partial charge in [0.1, 0.15) is 11.5 Å². The first-order valence-electron chi connectivity index (χ1n) is 4.45. The van der Waals surface area contributed by atoms with Crippen molar-refractivity contribution in [1.29, 1.82) is 0 Å². The molecule has 0 radical (unpaired) electrons. The number of ether oxygens (including phenoxy) is 2. The van der Waals surface area contributed by atoms with E-state index in [9.17, 15) is 4.57 Å². The summed E-state index contributed by atoms with van der Waals surface area (Å²) < 4.78 is 26.8. The number of hydrogen-bond acceptors (Lipinski definition) is 4. The second kappa shape index (κ2) is 5.19. The van der Waals surface area contributed by atoms with Crippen molar-refractivity contribution >= 4 is 13.3 Å². The molecule has 0 aliphatic carbocycles. The second-order valence-corrected chi connectivity index (χ2v) is 4.49. The van der Waals surface area contributed by atoms with Crippen LogP contribution in [0.25, 0.3) is 0 Å². The third-order valence-electron chi connectivity index (χ3n) is 2.19. The molecular formula is C10H15O4P. The van der Waals surface area contributed by atoms with Crippen molar-refractivity contribution in [3.63, 3.8) is 0 Å². The molecular weight excluding hydrogens is 215 g/mol. The van der Waals surface area contributed by atoms with Crippen molar-refractivity contribution in [2.75, 3.05) is 21.3 Å². The highest BCUT2D eigenvalue weighted by Crippen LogP contribution is 2.33. The number of benzene rings is 1. The fourth-order valence-electron chi connectivity index (χ4n) is 1.43. The van der Waals surface area contributed by atoms with Crippen LogP contribution in [0.4, 0.5) is 0 Å². The smallest absolute Gasteiger partial charge is 0.224 e. The summed E-state index contributed by atoms with van der Waals surface area (Å²) in [4.78, 5) is 0. The number of methoxy groups -OCH3 is 2. The monoisotopic (exact) mass is 230 g/mol. The van der Waals surface area contributed by atoms with Gasteiger partial charge in [0.05, 0.1) is 19.5 Å². The summed E-state index contributed by atoms with van der Waals surface area (Å²) in [6.45, 7) is 1.85. The summed E-state index contributed by atoms with van der Waals surface area (Å²) in [5.41, 5.74) is 0.827. The van der Waals surface area contributed by atoms with Crippen LogP contribution in [-0.2, 0) is 9.09 Å². The number of rotatable bonds is 4. The zero-order valence-electron chi connectivity index (χ0n) is 9.29. The quantitative estimate of drug-likeness (QED) is 0.739. The highest BCUT2D eigenvalue weighted by molar-refractivity contribution is 7.48. The maximum atomic E-state index is 11.6. The van der Waals surface area contributed by atoms with E-state index in [1.165, 1.54) is 14.2 Å². The Labute approximate surface area is 90.0 Å². The zero-order valence-corrected chi connectivity index (χ0v) is 10.3. The molecule has 0 fully saturated rings. The Morgan fingerprint density at radius 2 is 1.80 bits per heavy atom. The molecule has 0 N–H and O–H groups in total. The van der Waals surface area contributed by atoms with E-state index in [0.717, 1.165) is 5.56 Å². The maximum Gasteiger partial charge on any atom is 0.224 e. The molecule has 0 amide bonds. The van der Waals surface area contributed by atoms with Crippen LogP contribution in [0.2, 0.25) is 0 Å². The second-order valence-electron chi connectivity index (χ2n) is 2.97. The summed E-state index contributed by atoms with van der Waals surface area (Å²) in [7, 11) is 2.31. The van der Waals surface area contributed by atoms with Gasteiger partial charge in [-0.3, -0.25) is 4.57 Å². The topological polar surface area (TPSA) is 44.8 Å². The zero-order chi connectivity index (χ0) is 11.4. The SMILES string of the molecule is COc1ccc([PH](=O)OC)c(OC)c1C. The molecule has 0 heterocycles. The van der Waals surface area contributed by atoms with E-state index in [-0.39, 0.29) is 0 Å². The summed E-state index contributed by atoms with van der Waals surface area (Å²) in [6.07, 6.45) is 0. The van der Waals surface area contributed by atoms with Gasteiger partial charge in [-0.1, -0.05) is 0 Å². The van der Waals surface area contributed by atoms with Gasteiger partial charge in [0, 0.05) is 12.7 Å². The minimum absolute atomic E-state index is 0.570. The fraction of sp³-hybridized carbons (Fsp3) is 0.400. The molecule has 5 heteroatoms. The van der Waals surface area contributed by atoms with Gasteiger partial charge in [0.15, 0.2) is 0 Å². The van der Waals surface area contributed by atoms with Crippen molar-refractivity contribution in [1.82, 2.24) is 0 Å². The molecule has 1 unspecified atom stereocenters. The fourth-order valence-corrected chi connectivity index (χ4v) is 2.34. The van der Waals surface area contributed by atoms with Crippen LogP contribution >= 0.6 is 8.03 Å². The minimum Gasteiger partial charge on any atom is -0.496 e. The van der Waals surface area contributed by atoms with E-state index >= 15 is 0 Å². The van der Waals surface area contributed by atoms with Gasteiger partial charge >= 0.3 is 0 Å². The average molecular weight is 230 g/mol. The summed E-state index contributed by atoms with van der Waals surface area (Å²) >= 11 is 0. The molecule has 4 nitrogen and oxygen atoms in total. The lowest BCUT2D eigenvalue weighted by molar-refractivity contribution is 0.388. The van der Waals surface area contributed by atoms with Gasteiger partial charge < -0.3 is 14.0 Å². The van der Waals surface area contributed by atoms with Crippen LogP contribution in [0, 0.1) is 6.92 Å². The predicted octanol–water partition coefficient (Wildman–Crippen LogP) is 1.76. The normalized spacial score (nSPS) is 12.3. The summed E-state index contributed by atoms with van der Waals surface area (Å²) in [6, 6.07) is 3.46. The Morgan fingerprint density at radius 1 is 1.13 bits per heavy atom. The lowest BCUT2D eigenvalue weighted by Crippen LogP contribution is -2.06. The molecule has 15 heavy (non-hydrogen) atoms. The first-order valence-corrected chi connectivity index (χ1v) is 5.77. The van der Waals surface area contributed by atoms with Crippen LogP contribution < -0.4 is 14.8 Å². The molecule has 0 saturated heterocycles. The Balaban J connectivity index is 3.30. The van der Waals surface area contributed by atoms with Crippen LogP contribution in [0.5, 0.6) is 11.5 Å². The van der Waals surface area contributed by atoms with E-state index in [1.807, 2.05) is 6.92 Å². The van der Waals surface area contributed by atoms with Crippen molar-refractivity contribution in [3.8, 4) is 11.5 Å². The number of hydrogen-bond donors (Lipinski definition) is 0. The van der Waals surface area contributed by atoms with Crippen LogP contribution in [0.1, 0.15) is 5.56 Å². The van der Waals surface area contributed by atoms with E-state index in [1.54, 1.807) is 19.2 Å². The molecule has 1 rings (SSSR count). The van der Waals surface area contributed by atoms with Crippen molar-refractivity contribution < 1.29 is 18.6 Å². The largest absolute Gasteiger partial charge is 0.496 e. The van der Waals surface area contributed by atoms with Crippen LogP contribution in [0.3, 0.4) is 0 Å². The molecule has 0 aliphatic rings. The third kappa shape index (κ3) is 2.33. The molecule has 0 spiro atoms. The Hall–Kier alpha value is -0.990. The highest BCUT2D eigenvalue weighted by Gasteiger charge is 2.15. The standard InChI is InChI=1S/C10H15O4P/c1-7-8(12-2)5-6-9(10(7)13-3)15(11)14-4/h5-6,15H,1-4H3. The van der Waals surface area contributed by atoms with Crippen molar-refractivity contribution in [2.24, 2.45) is 0 Å². The van der Waals surface area contributed by atoms with E-state index in [2.05, 4.69) is 0 Å². The molecule has 0 aromatic heterocycles. The molecule has 0 bridgehead atoms. The Kier molecular flexibility index (Phi) is 4.18. The average Bonchev–Trinajstić information content (AvgIpc) is 2.27. The van der Waals surface area contributed by atoms with Crippen LogP contribution in [-0.4, -0.2) is 21.3 Å². The van der Waals surface area contributed by atoms with Gasteiger partial charge in [0.2, 0.25) is 8.03 Å². The van der Waals surface area contributed by atoms with Crippen molar-refractivity contribution in [2.45, 2.75) is 6.92 Å². The van der Waals surface area contributed by atoms with E-state index < -0.39 is 8.03 Å². The van der Waals surface area contributed by atoms with E-state index in [0.29, 0.717) is 16.8 Å². The minimum atomic E-state index is -2.23. The Bertz CT molecular complexity index is 376. The lowest BCUT2D eigenvalue weighted by atomic mass is 10.2. The Morgan fingerprint density at radius 3 is 2.27 bits per heavy atom. The maximum absolute atomic E-state index is 11.6. The molecule has 84 valence electrons.